The molecule has 0 aromatic heterocycles. The first kappa shape index (κ1) is 31.8. The van der Waals surface area contributed by atoms with E-state index >= 15 is 0 Å². The molecule has 1 saturated heterocycles. The molecule has 3 amide bonds. The summed E-state index contributed by atoms with van der Waals surface area (Å²) in [5, 5.41) is 3.31. The zero-order valence-electron chi connectivity index (χ0n) is 22.4. The van der Waals surface area contributed by atoms with Crippen LogP contribution in [0.5, 0.6) is 0 Å². The molecular formula is C26H42N2O10. The Labute approximate surface area is 224 Å². The Morgan fingerprint density at radius 3 is 2.11 bits per heavy atom. The van der Waals surface area contributed by atoms with Gasteiger partial charge in [0.15, 0.2) is 0 Å². The Balaban J connectivity index is 1.30. The highest BCUT2D eigenvalue weighted by Gasteiger charge is 2.32. The van der Waals surface area contributed by atoms with E-state index in [1.54, 1.807) is 0 Å². The summed E-state index contributed by atoms with van der Waals surface area (Å²) in [5.41, 5.74) is 1.33. The predicted molar refractivity (Wildman–Crippen MR) is 135 cm³/mol. The second kappa shape index (κ2) is 19.7. The van der Waals surface area contributed by atoms with Gasteiger partial charge in [0, 0.05) is 19.4 Å². The van der Waals surface area contributed by atoms with E-state index in [9.17, 15) is 19.2 Å². The van der Waals surface area contributed by atoms with Crippen molar-refractivity contribution >= 4 is 23.7 Å². The monoisotopic (exact) mass is 542 g/mol. The van der Waals surface area contributed by atoms with Gasteiger partial charge in [-0.2, -0.15) is 0 Å². The maximum absolute atomic E-state index is 11.9. The van der Waals surface area contributed by atoms with Crippen molar-refractivity contribution in [3.63, 3.8) is 0 Å². The smallest absolute Gasteiger partial charge is 0.335 e. The number of nitrogens with zero attached hydrogens (tertiary/aromatic N) is 1. The van der Waals surface area contributed by atoms with Crippen LogP contribution in [0.25, 0.3) is 0 Å². The number of ether oxygens (including phenoxy) is 5. The van der Waals surface area contributed by atoms with Crippen molar-refractivity contribution in [1.82, 2.24) is 10.4 Å². The van der Waals surface area contributed by atoms with E-state index in [2.05, 4.69) is 18.3 Å². The molecule has 0 aromatic rings. The highest BCUT2D eigenvalue weighted by Crippen LogP contribution is 2.18. The zero-order valence-corrected chi connectivity index (χ0v) is 22.4. The molecule has 1 unspecified atom stereocenters. The molecule has 216 valence electrons. The van der Waals surface area contributed by atoms with Crippen molar-refractivity contribution in [2.45, 2.75) is 64.4 Å². The molecule has 0 saturated carbocycles. The van der Waals surface area contributed by atoms with Gasteiger partial charge in [-0.3, -0.25) is 14.4 Å². The molecule has 0 spiro atoms. The second-order valence-electron chi connectivity index (χ2n) is 9.06. The van der Waals surface area contributed by atoms with Crippen molar-refractivity contribution in [1.29, 1.82) is 0 Å². The molecule has 2 rings (SSSR count). The lowest BCUT2D eigenvalue weighted by atomic mass is 9.99. The average molecular weight is 543 g/mol. The Kier molecular flexibility index (Phi) is 16.5. The van der Waals surface area contributed by atoms with E-state index in [1.165, 1.54) is 18.4 Å². The minimum atomic E-state index is -0.699. The van der Waals surface area contributed by atoms with Gasteiger partial charge >= 0.3 is 5.97 Å². The lowest BCUT2D eigenvalue weighted by molar-refractivity contribution is -0.198. The van der Waals surface area contributed by atoms with Crippen molar-refractivity contribution in [2.75, 3.05) is 66.0 Å². The highest BCUT2D eigenvalue weighted by atomic mass is 16.7. The van der Waals surface area contributed by atoms with Gasteiger partial charge in [-0.05, 0) is 26.2 Å². The third-order valence-electron chi connectivity index (χ3n) is 5.79. The summed E-state index contributed by atoms with van der Waals surface area (Å²) in [6.07, 6.45) is 7.83. The first-order valence-electron chi connectivity index (χ1n) is 13.4. The molecule has 1 N–H and O–H groups in total. The summed E-state index contributed by atoms with van der Waals surface area (Å²) >= 11 is 0. The van der Waals surface area contributed by atoms with E-state index < -0.39 is 17.8 Å². The van der Waals surface area contributed by atoms with Crippen LogP contribution in [0.15, 0.2) is 11.6 Å². The molecule has 1 fully saturated rings. The molecule has 0 radical (unpaired) electrons. The maximum atomic E-state index is 11.9. The van der Waals surface area contributed by atoms with E-state index in [1.807, 2.05) is 0 Å². The fraction of sp³-hybridized carbons (Fsp3) is 0.769. The number of imide groups is 1. The van der Waals surface area contributed by atoms with Crippen molar-refractivity contribution in [2.24, 2.45) is 0 Å². The number of carbonyl (C=O) groups is 4. The topological polar surface area (TPSA) is 139 Å². The third kappa shape index (κ3) is 14.5. The van der Waals surface area contributed by atoms with Crippen LogP contribution in [0.2, 0.25) is 0 Å². The van der Waals surface area contributed by atoms with Crippen LogP contribution in [0.1, 0.15) is 58.3 Å². The van der Waals surface area contributed by atoms with Crippen LogP contribution < -0.4 is 5.32 Å². The summed E-state index contributed by atoms with van der Waals surface area (Å²) in [4.78, 5) is 51.0. The van der Waals surface area contributed by atoms with Gasteiger partial charge in [0.05, 0.1) is 65.4 Å². The number of nitrogens with one attached hydrogen (secondary N) is 1. The van der Waals surface area contributed by atoms with Gasteiger partial charge in [0.25, 0.3) is 11.8 Å². The van der Waals surface area contributed by atoms with E-state index in [0.717, 1.165) is 19.3 Å². The normalized spacial score (nSPS) is 19.6. The molecule has 0 bridgehead atoms. The minimum absolute atomic E-state index is 0.0179. The molecular weight excluding hydrogens is 500 g/mol. The molecule has 0 aromatic carbocycles. The lowest BCUT2D eigenvalue weighted by Gasteiger charge is -2.18. The van der Waals surface area contributed by atoms with Crippen molar-refractivity contribution < 1.29 is 47.7 Å². The van der Waals surface area contributed by atoms with Gasteiger partial charge in [-0.1, -0.05) is 24.5 Å². The van der Waals surface area contributed by atoms with Gasteiger partial charge in [0.1, 0.15) is 6.61 Å². The Bertz CT molecular complexity index is 757. The first-order valence-corrected chi connectivity index (χ1v) is 13.4. The fourth-order valence-electron chi connectivity index (χ4n) is 3.76. The van der Waals surface area contributed by atoms with E-state index in [-0.39, 0.29) is 51.1 Å². The molecule has 1 aliphatic carbocycles. The molecule has 1 atom stereocenters. The van der Waals surface area contributed by atoms with Gasteiger partial charge < -0.3 is 33.8 Å². The van der Waals surface area contributed by atoms with Crippen molar-refractivity contribution in [3.8, 4) is 0 Å². The standard InChI is InChI=1S/C26H42N2O10/c1-21-5-3-2-4-6-22(19-21)37-20-23(29)27-10-12-34-14-16-36-18-17-35-15-13-33-11-9-26(32)38-28-24(30)7-8-25(28)31/h19,22H,2-18,20H2,1H3,(H,27,29)/b21-19-. The SMILES string of the molecule is C/C1=C/C(OCC(=O)NCCOCCOCCOCCOCCC(=O)ON2C(=O)CCC2=O)CCCCC1. The number of allylic oxidation sites excluding steroid dienone is 1. The summed E-state index contributed by atoms with van der Waals surface area (Å²) in [6.45, 7) is 5.29. The molecule has 1 aliphatic heterocycles. The Morgan fingerprint density at radius 2 is 1.45 bits per heavy atom. The minimum Gasteiger partial charge on any atom is -0.378 e. The molecule has 38 heavy (non-hydrogen) atoms. The molecule has 1 heterocycles. The summed E-state index contributed by atoms with van der Waals surface area (Å²) in [5.74, 6) is -1.86. The zero-order chi connectivity index (χ0) is 27.4. The number of hydrogen-bond acceptors (Lipinski definition) is 10. The van der Waals surface area contributed by atoms with Gasteiger partial charge in [0.2, 0.25) is 5.91 Å². The fourth-order valence-corrected chi connectivity index (χ4v) is 3.76. The number of carbonyl (C=O) groups excluding carboxylic acids is 4. The van der Waals surface area contributed by atoms with Crippen LogP contribution in [0, 0.1) is 0 Å². The average Bonchev–Trinajstić information content (AvgIpc) is 3.19. The maximum Gasteiger partial charge on any atom is 0.335 e. The number of hydrogen-bond donors (Lipinski definition) is 1. The second-order valence-corrected chi connectivity index (χ2v) is 9.06. The molecule has 12 heteroatoms. The number of hydroxylamine groups is 2. The summed E-state index contributed by atoms with van der Waals surface area (Å²) < 4.78 is 27.2. The van der Waals surface area contributed by atoms with Crippen LogP contribution in [-0.4, -0.2) is 101 Å². The van der Waals surface area contributed by atoms with Gasteiger partial charge in [-0.15, -0.1) is 5.06 Å². The Morgan fingerprint density at radius 1 is 0.842 bits per heavy atom. The number of amides is 3. The van der Waals surface area contributed by atoms with Crippen molar-refractivity contribution in [3.05, 3.63) is 11.6 Å². The third-order valence-corrected chi connectivity index (χ3v) is 5.79. The predicted octanol–water partition coefficient (Wildman–Crippen LogP) is 1.46. The summed E-state index contributed by atoms with van der Waals surface area (Å²) in [6, 6.07) is 0. The van der Waals surface area contributed by atoms with Crippen LogP contribution >= 0.6 is 0 Å². The van der Waals surface area contributed by atoms with Crippen LogP contribution in [-0.2, 0) is 47.7 Å². The lowest BCUT2D eigenvalue weighted by Crippen LogP contribution is -2.32. The molecule has 2 aliphatic rings. The van der Waals surface area contributed by atoms with E-state index in [4.69, 9.17) is 28.5 Å². The Hall–Kier alpha value is -2.38. The van der Waals surface area contributed by atoms with Crippen LogP contribution in [0.4, 0.5) is 0 Å². The number of rotatable bonds is 19. The van der Waals surface area contributed by atoms with E-state index in [0.29, 0.717) is 51.2 Å². The van der Waals surface area contributed by atoms with Gasteiger partial charge in [-0.25, -0.2) is 4.79 Å². The molecule has 12 nitrogen and oxygen atoms in total. The first-order chi connectivity index (χ1) is 18.5. The quantitative estimate of drug-likeness (QED) is 0.145. The summed E-state index contributed by atoms with van der Waals surface area (Å²) in [7, 11) is 0. The highest BCUT2D eigenvalue weighted by molar-refractivity contribution is 6.01. The largest absolute Gasteiger partial charge is 0.378 e. The van der Waals surface area contributed by atoms with Crippen LogP contribution in [0.3, 0.4) is 0 Å².